The molecule has 6 rings (SSSR count). The summed E-state index contributed by atoms with van der Waals surface area (Å²) >= 11 is 0. The molecule has 0 bridgehead atoms. The smallest absolute Gasteiger partial charge is 0.141 e. The zero-order valence-electron chi connectivity index (χ0n) is 22.8. The van der Waals surface area contributed by atoms with E-state index in [2.05, 4.69) is 108 Å². The predicted octanol–water partition coefficient (Wildman–Crippen LogP) is 9.20. The zero-order valence-corrected chi connectivity index (χ0v) is 22.8. The van der Waals surface area contributed by atoms with E-state index >= 15 is 0 Å². The van der Waals surface area contributed by atoms with Gasteiger partial charge in [0.1, 0.15) is 11.8 Å². The molecule has 0 saturated heterocycles. The number of rotatable bonds is 5. The van der Waals surface area contributed by atoms with Crippen LogP contribution in [0.5, 0.6) is 0 Å². The zero-order chi connectivity index (χ0) is 27.9. The third kappa shape index (κ3) is 5.08. The van der Waals surface area contributed by atoms with Crippen LogP contribution in [0.4, 0.5) is 0 Å². The molecule has 3 heteroatoms. The lowest BCUT2D eigenvalue weighted by atomic mass is 9.86. The minimum atomic E-state index is 0.354. The number of nitriles is 1. The molecule has 0 aliphatic rings. The monoisotopic (exact) mass is 517 g/mol. The molecular formula is C37H31N3. The molecule has 1 heterocycles. The maximum atomic E-state index is 9.11. The van der Waals surface area contributed by atoms with E-state index < -0.39 is 0 Å². The largest absolute Gasteiger partial charge is 0.398 e. The van der Waals surface area contributed by atoms with Gasteiger partial charge in [0.05, 0.1) is 0 Å². The fourth-order valence-corrected chi connectivity index (χ4v) is 5.30. The highest BCUT2D eigenvalue weighted by molar-refractivity contribution is 6.18. The van der Waals surface area contributed by atoms with Crippen molar-refractivity contribution in [3.8, 4) is 17.2 Å². The standard InChI is InChI=1S/C35H25N3.C2H6/c36-23-26-22-25(20-21-38-26)34(37)19-8-7-13-28-29-14-3-5-16-32(29)35(33-17-6-4-15-30(28)33)31-18-9-11-24-10-1-2-12-27(24)31;1-2/h1-12,14-22H,13,37H2;1-2H3/b8-7-,34-19-;. The van der Waals surface area contributed by atoms with Crippen LogP contribution in [-0.2, 0) is 6.42 Å². The van der Waals surface area contributed by atoms with Gasteiger partial charge in [-0.15, -0.1) is 0 Å². The molecule has 0 saturated carbocycles. The molecule has 0 spiro atoms. The molecule has 0 aliphatic heterocycles. The summed E-state index contributed by atoms with van der Waals surface area (Å²) < 4.78 is 0. The maximum Gasteiger partial charge on any atom is 0.141 e. The van der Waals surface area contributed by atoms with Crippen LogP contribution in [0.3, 0.4) is 0 Å². The Kier molecular flexibility index (Phi) is 7.99. The van der Waals surface area contributed by atoms with E-state index in [1.807, 2.05) is 32.1 Å². The van der Waals surface area contributed by atoms with Gasteiger partial charge in [-0.25, -0.2) is 4.98 Å². The SMILES string of the molecule is CC.N#Cc1cc(/C(N)=C/C=C\Cc2c3ccccc3c(-c3cccc4ccccc34)c3ccccc23)ccn1. The van der Waals surface area contributed by atoms with Crippen molar-refractivity contribution in [2.75, 3.05) is 0 Å². The van der Waals surface area contributed by atoms with Gasteiger partial charge in [0.2, 0.25) is 0 Å². The van der Waals surface area contributed by atoms with Crippen LogP contribution in [0.1, 0.15) is 30.7 Å². The Morgan fingerprint density at radius 3 is 2.05 bits per heavy atom. The molecule has 0 fully saturated rings. The highest BCUT2D eigenvalue weighted by Crippen LogP contribution is 2.41. The van der Waals surface area contributed by atoms with Crippen molar-refractivity contribution < 1.29 is 0 Å². The van der Waals surface area contributed by atoms with E-state index in [0.29, 0.717) is 11.4 Å². The van der Waals surface area contributed by atoms with E-state index in [1.165, 1.54) is 49.0 Å². The average Bonchev–Trinajstić information content (AvgIpc) is 3.03. The molecule has 0 amide bonds. The molecule has 0 atom stereocenters. The fourth-order valence-electron chi connectivity index (χ4n) is 5.30. The number of allylic oxidation sites excluding steroid dienone is 3. The molecule has 6 aromatic rings. The van der Waals surface area contributed by atoms with Crippen LogP contribution in [0, 0.1) is 11.3 Å². The minimum Gasteiger partial charge on any atom is -0.398 e. The lowest BCUT2D eigenvalue weighted by molar-refractivity contribution is 1.25. The second-order valence-electron chi connectivity index (χ2n) is 9.27. The Labute approximate surface area is 235 Å². The van der Waals surface area contributed by atoms with Gasteiger partial charge in [0, 0.05) is 17.5 Å². The first-order valence-electron chi connectivity index (χ1n) is 13.6. The van der Waals surface area contributed by atoms with Gasteiger partial charge in [-0.2, -0.15) is 5.26 Å². The van der Waals surface area contributed by atoms with Gasteiger partial charge >= 0.3 is 0 Å². The van der Waals surface area contributed by atoms with E-state index in [9.17, 15) is 0 Å². The predicted molar refractivity (Wildman–Crippen MR) is 170 cm³/mol. The Balaban J connectivity index is 0.00000158. The molecule has 40 heavy (non-hydrogen) atoms. The van der Waals surface area contributed by atoms with Crippen molar-refractivity contribution >= 4 is 38.0 Å². The molecule has 1 aromatic heterocycles. The Hall–Kier alpha value is -5.20. The number of benzene rings is 5. The normalized spacial score (nSPS) is 11.5. The van der Waals surface area contributed by atoms with Crippen LogP contribution >= 0.6 is 0 Å². The van der Waals surface area contributed by atoms with Crippen molar-refractivity contribution in [3.63, 3.8) is 0 Å². The second-order valence-corrected chi connectivity index (χ2v) is 9.27. The van der Waals surface area contributed by atoms with Crippen molar-refractivity contribution in [2.24, 2.45) is 5.73 Å². The molecule has 2 N–H and O–H groups in total. The van der Waals surface area contributed by atoms with Gasteiger partial charge in [-0.1, -0.05) is 117 Å². The van der Waals surface area contributed by atoms with Crippen molar-refractivity contribution in [2.45, 2.75) is 20.3 Å². The maximum absolute atomic E-state index is 9.11. The molecule has 0 unspecified atom stereocenters. The Morgan fingerprint density at radius 1 is 0.775 bits per heavy atom. The van der Waals surface area contributed by atoms with Gasteiger partial charge in [0.15, 0.2) is 0 Å². The highest BCUT2D eigenvalue weighted by Gasteiger charge is 2.15. The van der Waals surface area contributed by atoms with Crippen molar-refractivity contribution in [1.29, 1.82) is 5.26 Å². The number of nitrogens with two attached hydrogens (primary N) is 1. The van der Waals surface area contributed by atoms with Crippen molar-refractivity contribution in [1.82, 2.24) is 4.98 Å². The van der Waals surface area contributed by atoms with Crippen LogP contribution in [0.25, 0.3) is 49.1 Å². The lowest BCUT2D eigenvalue weighted by Gasteiger charge is -2.18. The summed E-state index contributed by atoms with van der Waals surface area (Å²) in [4.78, 5) is 4.02. The van der Waals surface area contributed by atoms with E-state index in [0.717, 1.165) is 12.0 Å². The molecule has 0 aliphatic carbocycles. The second kappa shape index (κ2) is 12.1. The molecule has 3 nitrogen and oxygen atoms in total. The third-order valence-corrected chi connectivity index (χ3v) is 7.04. The lowest BCUT2D eigenvalue weighted by Crippen LogP contribution is -1.97. The Bertz CT molecular complexity index is 1860. The van der Waals surface area contributed by atoms with E-state index in [-0.39, 0.29) is 0 Å². The van der Waals surface area contributed by atoms with Gasteiger partial charge in [-0.05, 0) is 73.6 Å². The van der Waals surface area contributed by atoms with Crippen LogP contribution in [-0.4, -0.2) is 4.98 Å². The number of pyridine rings is 1. The topological polar surface area (TPSA) is 62.7 Å². The van der Waals surface area contributed by atoms with Crippen LogP contribution < -0.4 is 5.73 Å². The number of fused-ring (bicyclic) bond motifs is 3. The summed E-state index contributed by atoms with van der Waals surface area (Å²) in [5.74, 6) is 0. The minimum absolute atomic E-state index is 0.354. The van der Waals surface area contributed by atoms with Gasteiger partial charge in [0.25, 0.3) is 0 Å². The average molecular weight is 518 g/mol. The van der Waals surface area contributed by atoms with Crippen LogP contribution in [0.2, 0.25) is 0 Å². The van der Waals surface area contributed by atoms with Crippen LogP contribution in [0.15, 0.2) is 128 Å². The molecule has 0 radical (unpaired) electrons. The number of nitrogens with zero attached hydrogens (tertiary/aromatic N) is 2. The first kappa shape index (κ1) is 26.4. The summed E-state index contributed by atoms with van der Waals surface area (Å²) in [5, 5.41) is 16.6. The molecule has 194 valence electrons. The third-order valence-electron chi connectivity index (χ3n) is 7.04. The Morgan fingerprint density at radius 2 is 1.38 bits per heavy atom. The molecular weight excluding hydrogens is 486 g/mol. The summed E-state index contributed by atoms with van der Waals surface area (Å²) in [5.41, 5.74) is 11.8. The number of hydrogen-bond donors (Lipinski definition) is 1. The summed E-state index contributed by atoms with van der Waals surface area (Å²) in [6.45, 7) is 4.00. The first-order valence-corrected chi connectivity index (χ1v) is 13.6. The first-order chi connectivity index (χ1) is 19.7. The molecule has 5 aromatic carbocycles. The van der Waals surface area contributed by atoms with Gasteiger partial charge < -0.3 is 5.73 Å². The van der Waals surface area contributed by atoms with E-state index in [1.54, 1.807) is 12.3 Å². The number of aromatic nitrogens is 1. The van der Waals surface area contributed by atoms with Gasteiger partial charge in [-0.3, -0.25) is 0 Å². The highest BCUT2D eigenvalue weighted by atomic mass is 14.7. The summed E-state index contributed by atoms with van der Waals surface area (Å²) in [6.07, 6.45) is 8.38. The van der Waals surface area contributed by atoms with E-state index in [4.69, 9.17) is 11.0 Å². The summed E-state index contributed by atoms with van der Waals surface area (Å²) in [6, 6.07) is 38.1. The van der Waals surface area contributed by atoms with Crippen molar-refractivity contribution in [3.05, 3.63) is 144 Å². The quantitative estimate of drug-likeness (QED) is 0.183. The summed E-state index contributed by atoms with van der Waals surface area (Å²) in [7, 11) is 0. The number of hydrogen-bond acceptors (Lipinski definition) is 3. The fraction of sp³-hybridized carbons (Fsp3) is 0.0811.